The van der Waals surface area contributed by atoms with Gasteiger partial charge in [-0.3, -0.25) is 0 Å². The Morgan fingerprint density at radius 3 is 1.01 bits per heavy atom. The first-order valence-corrected chi connectivity index (χ1v) is 30.2. The van der Waals surface area contributed by atoms with Gasteiger partial charge in [0.2, 0.25) is 0 Å². The summed E-state index contributed by atoms with van der Waals surface area (Å²) < 4.78 is 14.1. The molecule has 2 aliphatic carbocycles. The van der Waals surface area contributed by atoms with Crippen molar-refractivity contribution >= 4 is 78.0 Å². The topological polar surface area (TPSA) is 32.8 Å². The van der Waals surface area contributed by atoms with E-state index in [1.807, 2.05) is 0 Å². The summed E-state index contributed by atoms with van der Waals surface area (Å²) in [6.45, 7) is 15.0. The summed E-state index contributed by atoms with van der Waals surface area (Å²) in [6.07, 6.45) is 0. The molecule has 2 unspecified atom stereocenters. The number of fused-ring (bicyclic) bond motifs is 12. The molecule has 86 heavy (non-hydrogen) atoms. The first kappa shape index (κ1) is 51.5. The molecule has 2 atom stereocenters. The molecule has 0 radical (unpaired) electrons. The number of nitrogens with zero attached hydrogens (tertiary/aromatic N) is 2. The van der Waals surface area contributed by atoms with Gasteiger partial charge < -0.3 is 18.6 Å². The summed E-state index contributed by atoms with van der Waals surface area (Å²) >= 11 is 0. The number of hydrogen-bond acceptors (Lipinski definition) is 4. The second kappa shape index (κ2) is 19.2. The van der Waals surface area contributed by atoms with E-state index >= 15 is 0 Å². The van der Waals surface area contributed by atoms with E-state index in [4.69, 9.17) is 8.83 Å². The molecule has 0 N–H and O–H groups in total. The number of para-hydroxylation sites is 6. The molecule has 0 amide bonds. The second-order valence-electron chi connectivity index (χ2n) is 25.5. The molecule has 4 heteroatoms. The van der Waals surface area contributed by atoms with Crippen LogP contribution in [0.4, 0.5) is 34.1 Å². The fourth-order valence-corrected chi connectivity index (χ4v) is 16.1. The van der Waals surface area contributed by atoms with Crippen LogP contribution in [0.15, 0.2) is 288 Å². The van der Waals surface area contributed by atoms with E-state index in [-0.39, 0.29) is 0 Å². The largest absolute Gasteiger partial charge is 0.454 e. The van der Waals surface area contributed by atoms with Gasteiger partial charge in [-0.05, 0) is 127 Å². The number of furan rings is 2. The van der Waals surface area contributed by atoms with Gasteiger partial charge in [-0.15, -0.1) is 0 Å². The summed E-state index contributed by atoms with van der Waals surface area (Å²) in [5.41, 5.74) is 22.1. The van der Waals surface area contributed by atoms with Gasteiger partial charge in [0, 0.05) is 54.9 Å². The SMILES string of the molecule is CC(C)(C)C1(C2(C(C)(C)C)c3ccccc3-c3ccc(N(c4ccccc4-c4ccccc4)c4cccc5c4oc4ccccc45)cc32)c2ccccc2-c2ccc(N(c3ccccc3-c3ccccc3)c3cccc4c3oc3ccccc34)cc21. The van der Waals surface area contributed by atoms with Crippen LogP contribution < -0.4 is 9.80 Å². The van der Waals surface area contributed by atoms with Crippen molar-refractivity contribution in [2.24, 2.45) is 10.8 Å². The van der Waals surface area contributed by atoms with E-state index in [9.17, 15) is 0 Å². The van der Waals surface area contributed by atoms with Crippen LogP contribution in [0.25, 0.3) is 88.4 Å². The third kappa shape index (κ3) is 7.23. The normalized spacial score (nSPS) is 16.1. The van der Waals surface area contributed by atoms with Crippen LogP contribution in [0.2, 0.25) is 0 Å². The van der Waals surface area contributed by atoms with Gasteiger partial charge in [-0.2, -0.15) is 0 Å². The van der Waals surface area contributed by atoms with Gasteiger partial charge in [0.25, 0.3) is 0 Å². The van der Waals surface area contributed by atoms with Gasteiger partial charge in [-0.1, -0.05) is 260 Å². The fourth-order valence-electron chi connectivity index (χ4n) is 16.1. The number of hydrogen-bond donors (Lipinski definition) is 0. The molecule has 2 aromatic heterocycles. The van der Waals surface area contributed by atoms with E-state index in [1.54, 1.807) is 0 Å². The summed E-state index contributed by atoms with van der Waals surface area (Å²) in [5.74, 6) is 0. The highest BCUT2D eigenvalue weighted by atomic mass is 16.3. The summed E-state index contributed by atoms with van der Waals surface area (Å²) in [4.78, 5) is 4.95. The van der Waals surface area contributed by atoms with E-state index < -0.39 is 21.7 Å². The van der Waals surface area contributed by atoms with Crippen molar-refractivity contribution < 1.29 is 8.83 Å². The molecule has 0 spiro atoms. The number of benzene rings is 12. The first-order valence-electron chi connectivity index (χ1n) is 30.2. The molecule has 4 nitrogen and oxygen atoms in total. The van der Waals surface area contributed by atoms with Gasteiger partial charge in [0.05, 0.1) is 22.7 Å². The smallest absolute Gasteiger partial charge is 0.159 e. The summed E-state index contributed by atoms with van der Waals surface area (Å²) in [7, 11) is 0. The quantitative estimate of drug-likeness (QED) is 0.144. The zero-order chi connectivity index (χ0) is 58.1. The highest BCUT2D eigenvalue weighted by molar-refractivity contribution is 6.12. The summed E-state index contributed by atoms with van der Waals surface area (Å²) in [6, 6.07) is 103. The lowest BCUT2D eigenvalue weighted by Gasteiger charge is -2.62. The van der Waals surface area contributed by atoms with Crippen LogP contribution in [0.1, 0.15) is 63.8 Å². The maximum Gasteiger partial charge on any atom is 0.159 e. The lowest BCUT2D eigenvalue weighted by atomic mass is 9.39. The average molecular weight is 1110 g/mol. The second-order valence-corrected chi connectivity index (χ2v) is 25.5. The predicted molar refractivity (Wildman–Crippen MR) is 359 cm³/mol. The van der Waals surface area contributed by atoms with Gasteiger partial charge in [0.1, 0.15) is 11.2 Å². The van der Waals surface area contributed by atoms with Crippen molar-refractivity contribution in [3.05, 3.63) is 301 Å². The van der Waals surface area contributed by atoms with Crippen molar-refractivity contribution in [2.45, 2.75) is 52.4 Å². The van der Waals surface area contributed by atoms with Crippen LogP contribution in [-0.4, -0.2) is 0 Å². The monoisotopic (exact) mass is 1110 g/mol. The van der Waals surface area contributed by atoms with Crippen molar-refractivity contribution in [3.8, 4) is 44.5 Å². The van der Waals surface area contributed by atoms with Crippen LogP contribution in [0, 0.1) is 10.8 Å². The Labute approximate surface area is 502 Å². The Balaban J connectivity index is 1.01. The Bertz CT molecular complexity index is 4680. The van der Waals surface area contributed by atoms with E-state index in [0.717, 1.165) is 100 Å². The number of anilines is 6. The summed E-state index contributed by atoms with van der Waals surface area (Å²) in [5, 5.41) is 4.35. The van der Waals surface area contributed by atoms with E-state index in [1.165, 1.54) is 44.5 Å². The van der Waals surface area contributed by atoms with Gasteiger partial charge >= 0.3 is 0 Å². The molecule has 2 heterocycles. The third-order valence-corrected chi connectivity index (χ3v) is 19.1. The lowest BCUT2D eigenvalue weighted by molar-refractivity contribution is 0.0594. The Hall–Kier alpha value is -10.2. The zero-order valence-electron chi connectivity index (χ0n) is 49.3. The molecule has 414 valence electrons. The minimum Gasteiger partial charge on any atom is -0.454 e. The van der Waals surface area contributed by atoms with Crippen molar-refractivity contribution in [1.82, 2.24) is 0 Å². The average Bonchev–Trinajstić information content (AvgIpc) is 1.44. The highest BCUT2D eigenvalue weighted by Crippen LogP contribution is 2.75. The molecule has 16 rings (SSSR count). The maximum absolute atomic E-state index is 7.03. The standard InChI is InChI=1S/C82H64N2O2/c1-79(2,3)81(67-39-19-13-33-59(67)61-49-47-55(51-69(61)81)83(71-41-21-15-31-57(71)53-27-9-7-10-28-53)73-43-25-37-65-63-35-17-23-45-75(63)85-77(65)73)82(80(4,5)6)68-40-20-14-34-60(68)62-50-48-56(52-70(62)82)84(72-42-22-16-32-58(72)54-29-11-8-12-30-54)74-44-26-38-66-64-36-18-24-46-76(64)86-78(66)74/h7-52H,1-6H3. The van der Waals surface area contributed by atoms with Crippen LogP contribution in [-0.2, 0) is 10.8 Å². The van der Waals surface area contributed by atoms with E-state index in [0.29, 0.717) is 0 Å². The lowest BCUT2D eigenvalue weighted by Crippen LogP contribution is -2.62. The molecule has 12 aromatic carbocycles. The molecule has 2 aliphatic rings. The van der Waals surface area contributed by atoms with Crippen molar-refractivity contribution in [3.63, 3.8) is 0 Å². The molecule has 0 aliphatic heterocycles. The van der Waals surface area contributed by atoms with E-state index in [2.05, 4.69) is 330 Å². The molecular formula is C82H64N2O2. The Morgan fingerprint density at radius 2 is 0.593 bits per heavy atom. The van der Waals surface area contributed by atoms with Crippen LogP contribution in [0.5, 0.6) is 0 Å². The van der Waals surface area contributed by atoms with Crippen LogP contribution >= 0.6 is 0 Å². The van der Waals surface area contributed by atoms with Gasteiger partial charge in [-0.25, -0.2) is 0 Å². The third-order valence-electron chi connectivity index (χ3n) is 19.1. The van der Waals surface area contributed by atoms with Crippen molar-refractivity contribution in [2.75, 3.05) is 9.80 Å². The van der Waals surface area contributed by atoms with Gasteiger partial charge in [0.15, 0.2) is 11.2 Å². The molecule has 0 fully saturated rings. The predicted octanol–water partition coefficient (Wildman–Crippen LogP) is 23.1. The first-order chi connectivity index (χ1) is 42.0. The highest BCUT2D eigenvalue weighted by Gasteiger charge is 2.70. The molecule has 0 saturated carbocycles. The fraction of sp³-hybridized carbons (Fsp3) is 0.122. The number of rotatable bonds is 9. The molecule has 14 aromatic rings. The molecule has 0 saturated heterocycles. The zero-order valence-corrected chi connectivity index (χ0v) is 49.3. The molecule has 0 bridgehead atoms. The Kier molecular flexibility index (Phi) is 11.5. The van der Waals surface area contributed by atoms with Crippen molar-refractivity contribution in [1.29, 1.82) is 0 Å². The minimum atomic E-state index is -0.721. The minimum absolute atomic E-state index is 0.435. The van der Waals surface area contributed by atoms with Crippen LogP contribution in [0.3, 0.4) is 0 Å². The Morgan fingerprint density at radius 1 is 0.267 bits per heavy atom. The maximum atomic E-state index is 7.03. The molecular weight excluding hydrogens is 1040 g/mol.